The van der Waals surface area contributed by atoms with Crippen molar-refractivity contribution < 1.29 is 19.8 Å². The van der Waals surface area contributed by atoms with Gasteiger partial charge in [-0.3, -0.25) is 9.59 Å². The van der Waals surface area contributed by atoms with E-state index in [-0.39, 0.29) is 35.1 Å². The van der Waals surface area contributed by atoms with Crippen LogP contribution >= 0.6 is 0 Å². The van der Waals surface area contributed by atoms with Crippen LogP contribution in [0.2, 0.25) is 0 Å². The van der Waals surface area contributed by atoms with Gasteiger partial charge in [0, 0.05) is 0 Å². The third-order valence-electron chi connectivity index (χ3n) is 1.90. The summed E-state index contributed by atoms with van der Waals surface area (Å²) in [7, 11) is 0. The molecule has 0 radical (unpaired) electrons. The Morgan fingerprint density at radius 1 is 1.07 bits per heavy atom. The van der Waals surface area contributed by atoms with Gasteiger partial charge in [-0.15, -0.1) is 0 Å². The standard InChI is InChI=1S/C10H10O4.Na.H/c1-6-2-4-7(5-3-6)8(9(11)12)10(13)14;;/h2-5,8H,1H3,(H,11,12)(H,13,14);;. The van der Waals surface area contributed by atoms with Crippen LogP contribution in [0.5, 0.6) is 0 Å². The number of aryl methyl sites for hydroxylation is 1. The van der Waals surface area contributed by atoms with Gasteiger partial charge in [0.05, 0.1) is 0 Å². The summed E-state index contributed by atoms with van der Waals surface area (Å²) in [6.07, 6.45) is 0. The molecule has 76 valence electrons. The molecule has 15 heavy (non-hydrogen) atoms. The fourth-order valence-electron chi connectivity index (χ4n) is 1.15. The van der Waals surface area contributed by atoms with Crippen molar-refractivity contribution in [3.8, 4) is 0 Å². The number of hydrogen-bond acceptors (Lipinski definition) is 2. The van der Waals surface area contributed by atoms with Crippen LogP contribution in [0.15, 0.2) is 24.3 Å². The second-order valence-corrected chi connectivity index (χ2v) is 3.02. The van der Waals surface area contributed by atoms with Crippen molar-refractivity contribution in [2.24, 2.45) is 0 Å². The molecule has 0 aromatic heterocycles. The van der Waals surface area contributed by atoms with E-state index in [0.717, 1.165) is 5.56 Å². The molecule has 1 aromatic carbocycles. The summed E-state index contributed by atoms with van der Waals surface area (Å²) in [5.74, 6) is -4.17. The molecular formula is C10H11NaO4. The van der Waals surface area contributed by atoms with E-state index >= 15 is 0 Å². The summed E-state index contributed by atoms with van der Waals surface area (Å²) < 4.78 is 0. The molecule has 1 rings (SSSR count). The fourth-order valence-corrected chi connectivity index (χ4v) is 1.15. The van der Waals surface area contributed by atoms with Crippen molar-refractivity contribution in [2.75, 3.05) is 0 Å². The summed E-state index contributed by atoms with van der Waals surface area (Å²) in [4.78, 5) is 21.3. The van der Waals surface area contributed by atoms with Gasteiger partial charge >= 0.3 is 41.5 Å². The van der Waals surface area contributed by atoms with Crippen LogP contribution in [0.25, 0.3) is 0 Å². The SMILES string of the molecule is Cc1ccc(C(C(=O)O)C(=O)O)cc1.[NaH]. The molecule has 0 aliphatic heterocycles. The summed E-state index contributed by atoms with van der Waals surface area (Å²) in [6.45, 7) is 1.85. The summed E-state index contributed by atoms with van der Waals surface area (Å²) in [6, 6.07) is 6.41. The number of carboxylic acid groups (broad SMARTS) is 2. The molecule has 0 amide bonds. The molecule has 5 heteroatoms. The van der Waals surface area contributed by atoms with Gasteiger partial charge in [0.15, 0.2) is 5.92 Å². The molecule has 0 aliphatic rings. The Morgan fingerprint density at radius 2 is 1.47 bits per heavy atom. The molecule has 0 unspecified atom stereocenters. The second kappa shape index (κ2) is 5.90. The molecule has 4 nitrogen and oxygen atoms in total. The Hall–Kier alpha value is -0.840. The van der Waals surface area contributed by atoms with E-state index in [0.29, 0.717) is 0 Å². The van der Waals surface area contributed by atoms with E-state index in [9.17, 15) is 9.59 Å². The van der Waals surface area contributed by atoms with Gasteiger partial charge < -0.3 is 10.2 Å². The van der Waals surface area contributed by atoms with Crippen molar-refractivity contribution in [1.82, 2.24) is 0 Å². The molecule has 2 N–H and O–H groups in total. The van der Waals surface area contributed by atoms with Gasteiger partial charge in [-0.2, -0.15) is 0 Å². The zero-order valence-corrected chi connectivity index (χ0v) is 7.60. The maximum atomic E-state index is 10.6. The topological polar surface area (TPSA) is 74.6 Å². The number of carboxylic acids is 2. The molecule has 0 fully saturated rings. The third kappa shape index (κ3) is 3.66. The molecule has 0 bridgehead atoms. The minimum absolute atomic E-state index is 0. The first-order chi connectivity index (χ1) is 6.52. The first-order valence-electron chi connectivity index (χ1n) is 4.04. The minimum atomic E-state index is -1.48. The predicted octanol–water partition coefficient (Wildman–Crippen LogP) is 0.599. The number of carbonyl (C=O) groups is 2. The summed E-state index contributed by atoms with van der Waals surface area (Å²) in [5, 5.41) is 17.4. The van der Waals surface area contributed by atoms with Crippen molar-refractivity contribution in [1.29, 1.82) is 0 Å². The van der Waals surface area contributed by atoms with Crippen LogP contribution in [0.1, 0.15) is 17.0 Å². The van der Waals surface area contributed by atoms with Crippen molar-refractivity contribution >= 4 is 41.5 Å². The van der Waals surface area contributed by atoms with Gasteiger partial charge in [-0.05, 0) is 12.5 Å². The number of aliphatic carboxylic acids is 2. The number of benzene rings is 1. The van der Waals surface area contributed by atoms with E-state index in [2.05, 4.69) is 0 Å². The quantitative estimate of drug-likeness (QED) is 0.575. The third-order valence-corrected chi connectivity index (χ3v) is 1.90. The van der Waals surface area contributed by atoms with E-state index < -0.39 is 17.9 Å². The van der Waals surface area contributed by atoms with E-state index in [1.165, 1.54) is 12.1 Å². The molecule has 0 saturated heterocycles. The van der Waals surface area contributed by atoms with Crippen LogP contribution in [0.3, 0.4) is 0 Å². The Balaban J connectivity index is 0.00000196. The zero-order valence-electron chi connectivity index (χ0n) is 7.60. The molecule has 1 aromatic rings. The molecule has 0 atom stereocenters. The molecule has 0 saturated carbocycles. The van der Waals surface area contributed by atoms with E-state index in [1.807, 2.05) is 6.92 Å². The zero-order chi connectivity index (χ0) is 10.7. The van der Waals surface area contributed by atoms with Crippen molar-refractivity contribution in [3.05, 3.63) is 35.4 Å². The first-order valence-corrected chi connectivity index (χ1v) is 4.04. The average molecular weight is 218 g/mol. The Labute approximate surface area is 109 Å². The van der Waals surface area contributed by atoms with Crippen LogP contribution < -0.4 is 0 Å². The first kappa shape index (κ1) is 14.2. The monoisotopic (exact) mass is 218 g/mol. The van der Waals surface area contributed by atoms with Gasteiger partial charge in [-0.1, -0.05) is 29.8 Å². The second-order valence-electron chi connectivity index (χ2n) is 3.02. The normalized spacial score (nSPS) is 9.47. The van der Waals surface area contributed by atoms with Crippen molar-refractivity contribution in [3.63, 3.8) is 0 Å². The summed E-state index contributed by atoms with van der Waals surface area (Å²) >= 11 is 0. The number of hydrogen-bond donors (Lipinski definition) is 2. The maximum absolute atomic E-state index is 10.6. The van der Waals surface area contributed by atoms with Gasteiger partial charge in [-0.25, -0.2) is 0 Å². The van der Waals surface area contributed by atoms with Gasteiger partial charge in [0.2, 0.25) is 0 Å². The van der Waals surface area contributed by atoms with Gasteiger partial charge in [0.1, 0.15) is 0 Å². The van der Waals surface area contributed by atoms with Crippen LogP contribution in [0.4, 0.5) is 0 Å². The molecule has 0 spiro atoms. The van der Waals surface area contributed by atoms with Crippen LogP contribution in [-0.2, 0) is 9.59 Å². The number of rotatable bonds is 3. The fraction of sp³-hybridized carbons (Fsp3) is 0.200. The summed E-state index contributed by atoms with van der Waals surface area (Å²) in [5.41, 5.74) is 1.25. The van der Waals surface area contributed by atoms with Gasteiger partial charge in [0.25, 0.3) is 0 Å². The Kier molecular flexibility index (Phi) is 5.57. The Bertz CT molecular complexity index is 344. The van der Waals surface area contributed by atoms with Crippen molar-refractivity contribution in [2.45, 2.75) is 12.8 Å². The Morgan fingerprint density at radius 3 is 1.80 bits per heavy atom. The average Bonchev–Trinajstić information content (AvgIpc) is 2.07. The molecular weight excluding hydrogens is 207 g/mol. The predicted molar refractivity (Wildman–Crippen MR) is 56.3 cm³/mol. The van der Waals surface area contributed by atoms with E-state index in [1.54, 1.807) is 12.1 Å². The molecule has 0 heterocycles. The molecule has 0 aliphatic carbocycles. The van der Waals surface area contributed by atoms with E-state index in [4.69, 9.17) is 10.2 Å². The van der Waals surface area contributed by atoms with Crippen LogP contribution in [-0.4, -0.2) is 51.7 Å². The van der Waals surface area contributed by atoms with Crippen LogP contribution in [0, 0.1) is 6.92 Å².